The Balaban J connectivity index is 2.27. The summed E-state index contributed by atoms with van der Waals surface area (Å²) in [5.74, 6) is 1.39. The number of nitrogens with one attached hydrogen (secondary N) is 2. The lowest BCUT2D eigenvalue weighted by atomic mass is 10.1. The third-order valence-electron chi connectivity index (χ3n) is 2.79. The van der Waals surface area contributed by atoms with Crippen molar-refractivity contribution >= 4 is 29.1 Å². The first kappa shape index (κ1) is 15.6. The van der Waals surface area contributed by atoms with Crippen LogP contribution in [0, 0.1) is 13.8 Å². The van der Waals surface area contributed by atoms with Crippen molar-refractivity contribution in [3.63, 3.8) is 0 Å². The molecule has 0 atom stereocenters. The quantitative estimate of drug-likeness (QED) is 0.863. The van der Waals surface area contributed by atoms with Crippen molar-refractivity contribution in [2.45, 2.75) is 40.2 Å². The molecule has 21 heavy (non-hydrogen) atoms. The van der Waals surface area contributed by atoms with Crippen LogP contribution >= 0.6 is 11.6 Å². The molecule has 0 amide bonds. The highest BCUT2D eigenvalue weighted by atomic mass is 35.5. The van der Waals surface area contributed by atoms with Crippen molar-refractivity contribution in [1.82, 2.24) is 9.97 Å². The Morgan fingerprint density at radius 1 is 1.05 bits per heavy atom. The van der Waals surface area contributed by atoms with Crippen LogP contribution in [-0.2, 0) is 0 Å². The fraction of sp³-hybridized carbons (Fsp3) is 0.375. The molecule has 0 bridgehead atoms. The van der Waals surface area contributed by atoms with Gasteiger partial charge in [0.2, 0.25) is 5.95 Å². The van der Waals surface area contributed by atoms with Crippen molar-refractivity contribution in [1.29, 1.82) is 0 Å². The molecule has 0 saturated heterocycles. The zero-order valence-electron chi connectivity index (χ0n) is 13.1. The lowest BCUT2D eigenvalue weighted by molar-refractivity contribution is 0.625. The SMILES string of the molecule is Cc1cc(Nc2ccc(Cl)cc2C)nc(NC(C)(C)C)n1. The van der Waals surface area contributed by atoms with Crippen molar-refractivity contribution in [3.05, 3.63) is 40.5 Å². The van der Waals surface area contributed by atoms with Crippen LogP contribution in [0.2, 0.25) is 5.02 Å². The molecule has 0 fully saturated rings. The van der Waals surface area contributed by atoms with Crippen molar-refractivity contribution in [3.8, 4) is 0 Å². The van der Waals surface area contributed by atoms with Gasteiger partial charge in [0.1, 0.15) is 5.82 Å². The summed E-state index contributed by atoms with van der Waals surface area (Å²) in [6, 6.07) is 7.65. The summed E-state index contributed by atoms with van der Waals surface area (Å²) in [6.07, 6.45) is 0. The molecule has 4 nitrogen and oxygen atoms in total. The van der Waals surface area contributed by atoms with Crippen LogP contribution in [0.4, 0.5) is 17.5 Å². The molecule has 1 aromatic carbocycles. The van der Waals surface area contributed by atoms with Crippen LogP contribution in [0.5, 0.6) is 0 Å². The molecule has 2 rings (SSSR count). The zero-order valence-corrected chi connectivity index (χ0v) is 13.8. The summed E-state index contributed by atoms with van der Waals surface area (Å²) in [5.41, 5.74) is 2.88. The molecular formula is C16H21ClN4. The molecule has 0 radical (unpaired) electrons. The van der Waals surface area contributed by atoms with Gasteiger partial charge >= 0.3 is 0 Å². The van der Waals surface area contributed by atoms with Gasteiger partial charge in [-0.3, -0.25) is 0 Å². The molecule has 2 aromatic rings. The summed E-state index contributed by atoms with van der Waals surface area (Å²) < 4.78 is 0. The maximum absolute atomic E-state index is 5.98. The molecule has 5 heteroatoms. The average Bonchev–Trinajstić information content (AvgIpc) is 2.29. The molecule has 0 spiro atoms. The molecule has 0 unspecified atom stereocenters. The predicted octanol–water partition coefficient (Wildman–Crippen LogP) is 4.70. The normalized spacial score (nSPS) is 11.3. The van der Waals surface area contributed by atoms with Gasteiger partial charge in [-0.15, -0.1) is 0 Å². The highest BCUT2D eigenvalue weighted by Crippen LogP contribution is 2.23. The number of rotatable bonds is 3. The summed E-state index contributed by atoms with van der Waals surface area (Å²) in [4.78, 5) is 8.93. The molecule has 0 aliphatic carbocycles. The summed E-state index contributed by atoms with van der Waals surface area (Å²) in [6.45, 7) is 10.2. The van der Waals surface area contributed by atoms with Crippen LogP contribution in [0.25, 0.3) is 0 Å². The summed E-state index contributed by atoms with van der Waals surface area (Å²) in [5, 5.41) is 7.33. The van der Waals surface area contributed by atoms with E-state index in [0.29, 0.717) is 5.95 Å². The van der Waals surface area contributed by atoms with E-state index in [2.05, 4.69) is 41.4 Å². The van der Waals surface area contributed by atoms with Crippen LogP contribution in [0.3, 0.4) is 0 Å². The second-order valence-corrected chi connectivity index (χ2v) is 6.61. The van der Waals surface area contributed by atoms with Crippen LogP contribution in [0.15, 0.2) is 24.3 Å². The van der Waals surface area contributed by atoms with E-state index in [1.165, 1.54) is 0 Å². The van der Waals surface area contributed by atoms with Gasteiger partial charge in [-0.2, -0.15) is 4.98 Å². The molecule has 1 aromatic heterocycles. The molecule has 112 valence electrons. The second-order valence-electron chi connectivity index (χ2n) is 6.18. The number of halogens is 1. The van der Waals surface area contributed by atoms with E-state index in [1.54, 1.807) is 0 Å². The standard InChI is InChI=1S/C16H21ClN4/c1-10-8-12(17)6-7-13(10)19-14-9-11(2)18-15(20-14)21-16(3,4)5/h6-9H,1-5H3,(H2,18,19,20,21). The molecule has 2 N–H and O–H groups in total. The van der Waals surface area contributed by atoms with Gasteiger partial charge in [-0.25, -0.2) is 4.98 Å². The number of aryl methyl sites for hydroxylation is 2. The Hall–Kier alpha value is -1.81. The number of anilines is 3. The predicted molar refractivity (Wildman–Crippen MR) is 89.6 cm³/mol. The Bertz CT molecular complexity index is 647. The zero-order chi connectivity index (χ0) is 15.6. The monoisotopic (exact) mass is 304 g/mol. The number of hydrogen-bond donors (Lipinski definition) is 2. The van der Waals surface area contributed by atoms with E-state index in [4.69, 9.17) is 11.6 Å². The maximum atomic E-state index is 5.98. The topological polar surface area (TPSA) is 49.8 Å². The average molecular weight is 305 g/mol. The highest BCUT2D eigenvalue weighted by molar-refractivity contribution is 6.30. The number of hydrogen-bond acceptors (Lipinski definition) is 4. The Morgan fingerprint density at radius 2 is 1.76 bits per heavy atom. The molecular weight excluding hydrogens is 284 g/mol. The van der Waals surface area contributed by atoms with E-state index in [0.717, 1.165) is 27.8 Å². The molecule has 0 aliphatic heterocycles. The second kappa shape index (κ2) is 5.90. The van der Waals surface area contributed by atoms with E-state index in [9.17, 15) is 0 Å². The Kier molecular flexibility index (Phi) is 4.37. The van der Waals surface area contributed by atoms with Gasteiger partial charge < -0.3 is 10.6 Å². The summed E-state index contributed by atoms with van der Waals surface area (Å²) >= 11 is 5.98. The van der Waals surface area contributed by atoms with Gasteiger partial charge in [-0.1, -0.05) is 11.6 Å². The highest BCUT2D eigenvalue weighted by Gasteiger charge is 2.12. The fourth-order valence-electron chi connectivity index (χ4n) is 1.93. The summed E-state index contributed by atoms with van der Waals surface area (Å²) in [7, 11) is 0. The van der Waals surface area contributed by atoms with Crippen LogP contribution in [0.1, 0.15) is 32.0 Å². The van der Waals surface area contributed by atoms with Crippen molar-refractivity contribution in [2.24, 2.45) is 0 Å². The number of benzene rings is 1. The lowest BCUT2D eigenvalue weighted by Gasteiger charge is -2.21. The smallest absolute Gasteiger partial charge is 0.225 e. The van der Waals surface area contributed by atoms with Crippen molar-refractivity contribution in [2.75, 3.05) is 10.6 Å². The molecule has 0 aliphatic rings. The minimum atomic E-state index is -0.0821. The van der Waals surface area contributed by atoms with E-state index >= 15 is 0 Å². The van der Waals surface area contributed by atoms with Gasteiger partial charge in [0.15, 0.2) is 0 Å². The third kappa shape index (κ3) is 4.60. The Morgan fingerprint density at radius 3 is 2.38 bits per heavy atom. The Labute approximate surface area is 131 Å². The van der Waals surface area contributed by atoms with Gasteiger partial charge in [0.05, 0.1) is 0 Å². The van der Waals surface area contributed by atoms with Gasteiger partial charge in [0, 0.05) is 28.0 Å². The van der Waals surface area contributed by atoms with E-state index in [1.807, 2.05) is 38.1 Å². The third-order valence-corrected chi connectivity index (χ3v) is 3.03. The minimum absolute atomic E-state index is 0.0821. The first-order chi connectivity index (χ1) is 9.73. The first-order valence-electron chi connectivity index (χ1n) is 6.90. The largest absolute Gasteiger partial charge is 0.350 e. The molecule has 1 heterocycles. The van der Waals surface area contributed by atoms with Gasteiger partial charge in [0.25, 0.3) is 0 Å². The molecule has 0 saturated carbocycles. The lowest BCUT2D eigenvalue weighted by Crippen LogP contribution is -2.27. The maximum Gasteiger partial charge on any atom is 0.225 e. The van der Waals surface area contributed by atoms with Crippen LogP contribution in [-0.4, -0.2) is 15.5 Å². The van der Waals surface area contributed by atoms with Crippen molar-refractivity contribution < 1.29 is 0 Å². The van der Waals surface area contributed by atoms with E-state index in [-0.39, 0.29) is 5.54 Å². The van der Waals surface area contributed by atoms with Crippen LogP contribution < -0.4 is 10.6 Å². The van der Waals surface area contributed by atoms with Gasteiger partial charge in [-0.05, 0) is 58.4 Å². The number of aromatic nitrogens is 2. The fourth-order valence-corrected chi connectivity index (χ4v) is 2.16. The number of nitrogens with zero attached hydrogens (tertiary/aromatic N) is 2. The van der Waals surface area contributed by atoms with E-state index < -0.39 is 0 Å². The minimum Gasteiger partial charge on any atom is -0.350 e. The first-order valence-corrected chi connectivity index (χ1v) is 7.28.